The molecule has 0 saturated heterocycles. The van der Waals surface area contributed by atoms with Crippen molar-refractivity contribution in [3.05, 3.63) is 52.8 Å². The molecule has 0 spiro atoms. The number of aromatic amines is 1. The van der Waals surface area contributed by atoms with Gasteiger partial charge in [0.25, 0.3) is 5.91 Å². The van der Waals surface area contributed by atoms with Gasteiger partial charge in [-0.05, 0) is 36.6 Å². The molecule has 23 heavy (non-hydrogen) atoms. The third kappa shape index (κ3) is 2.72. The number of fused-ring (bicyclic) bond motifs is 1. The normalized spacial score (nSPS) is 10.2. The first-order valence-corrected chi connectivity index (χ1v) is 7.03. The fourth-order valence-corrected chi connectivity index (χ4v) is 2.36. The number of nitrogens with one attached hydrogen (secondary N) is 2. The number of primary amides is 1. The Morgan fingerprint density at radius 3 is 2.87 bits per heavy atom. The first-order valence-electron chi connectivity index (χ1n) is 7.03. The van der Waals surface area contributed by atoms with E-state index in [4.69, 9.17) is 5.73 Å². The fraction of sp³-hybridized carbons (Fsp3) is 0.118. The maximum atomic E-state index is 11.5. The van der Waals surface area contributed by atoms with Crippen molar-refractivity contribution in [2.45, 2.75) is 6.92 Å². The molecule has 2 aromatic heterocycles. The van der Waals surface area contributed by atoms with E-state index in [1.165, 1.54) is 0 Å². The minimum atomic E-state index is -0.580. The lowest BCUT2D eigenvalue weighted by Gasteiger charge is -2.00. The Balaban J connectivity index is 2.02. The van der Waals surface area contributed by atoms with Crippen molar-refractivity contribution in [3.8, 4) is 11.8 Å². The average molecular weight is 305 g/mol. The lowest BCUT2D eigenvalue weighted by atomic mass is 10.1. The number of hydrogen-bond acceptors (Lipinski definition) is 4. The maximum absolute atomic E-state index is 11.5. The van der Waals surface area contributed by atoms with Crippen molar-refractivity contribution in [1.29, 1.82) is 0 Å². The van der Waals surface area contributed by atoms with Gasteiger partial charge in [-0.1, -0.05) is 12.0 Å². The van der Waals surface area contributed by atoms with Crippen LogP contribution in [0.5, 0.6) is 0 Å². The van der Waals surface area contributed by atoms with Crippen LogP contribution in [-0.2, 0) is 0 Å². The summed E-state index contributed by atoms with van der Waals surface area (Å²) >= 11 is 0. The molecule has 3 aromatic rings. The van der Waals surface area contributed by atoms with Crippen LogP contribution in [0.1, 0.15) is 27.2 Å². The van der Waals surface area contributed by atoms with Crippen LogP contribution < -0.4 is 11.1 Å². The minimum Gasteiger partial charge on any atom is -0.371 e. The molecule has 0 radical (unpaired) electrons. The van der Waals surface area contributed by atoms with Crippen molar-refractivity contribution in [1.82, 2.24) is 15.2 Å². The molecule has 6 nitrogen and oxygen atoms in total. The standard InChI is InChI=1S/C17H15N5O/c1-10-7-8-20-14-9-11(3-5-12(10)14)4-6-13-15(16(18)23)17(19-2)22-21-13/h3,5,7-9H,1-2H3,(H2,18,23)(H2,19,21,22). The highest BCUT2D eigenvalue weighted by atomic mass is 16.1. The number of amides is 1. The van der Waals surface area contributed by atoms with Crippen LogP contribution in [0.3, 0.4) is 0 Å². The Kier molecular flexibility index (Phi) is 3.69. The van der Waals surface area contributed by atoms with Gasteiger partial charge >= 0.3 is 0 Å². The first kappa shape index (κ1) is 14.6. The SMILES string of the molecule is CNc1n[nH]c(C#Cc2ccc3c(C)ccnc3c2)c1C(N)=O. The Morgan fingerprint density at radius 2 is 2.13 bits per heavy atom. The van der Waals surface area contributed by atoms with Crippen LogP contribution in [0.25, 0.3) is 10.9 Å². The van der Waals surface area contributed by atoms with Crippen LogP contribution in [0.4, 0.5) is 5.82 Å². The highest BCUT2D eigenvalue weighted by Gasteiger charge is 2.15. The Labute approximate surface area is 133 Å². The molecule has 0 bridgehead atoms. The second-order valence-corrected chi connectivity index (χ2v) is 5.05. The lowest BCUT2D eigenvalue weighted by molar-refractivity contribution is 0.100. The highest BCUT2D eigenvalue weighted by Crippen LogP contribution is 2.18. The molecular weight excluding hydrogens is 290 g/mol. The highest BCUT2D eigenvalue weighted by molar-refractivity contribution is 5.99. The maximum Gasteiger partial charge on any atom is 0.255 e. The summed E-state index contributed by atoms with van der Waals surface area (Å²) in [7, 11) is 1.66. The summed E-state index contributed by atoms with van der Waals surface area (Å²) in [5, 5.41) is 10.6. The number of benzene rings is 1. The van der Waals surface area contributed by atoms with Gasteiger partial charge < -0.3 is 11.1 Å². The smallest absolute Gasteiger partial charge is 0.255 e. The third-order valence-electron chi connectivity index (χ3n) is 3.54. The molecule has 1 aromatic carbocycles. The monoisotopic (exact) mass is 305 g/mol. The van der Waals surface area contributed by atoms with Crippen molar-refractivity contribution in [3.63, 3.8) is 0 Å². The van der Waals surface area contributed by atoms with Gasteiger partial charge in [0.1, 0.15) is 11.3 Å². The van der Waals surface area contributed by atoms with E-state index in [1.54, 1.807) is 13.2 Å². The molecule has 4 N–H and O–H groups in total. The van der Waals surface area contributed by atoms with E-state index in [9.17, 15) is 4.79 Å². The van der Waals surface area contributed by atoms with E-state index >= 15 is 0 Å². The molecule has 0 aliphatic heterocycles. The van der Waals surface area contributed by atoms with Gasteiger partial charge in [-0.25, -0.2) is 0 Å². The number of pyridine rings is 1. The largest absolute Gasteiger partial charge is 0.371 e. The van der Waals surface area contributed by atoms with Gasteiger partial charge in [-0.3, -0.25) is 14.9 Å². The number of nitrogens with two attached hydrogens (primary N) is 1. The molecule has 0 fully saturated rings. The summed E-state index contributed by atoms with van der Waals surface area (Å²) in [5.74, 6) is 5.72. The molecular formula is C17H15N5O. The van der Waals surface area contributed by atoms with Gasteiger partial charge in [-0.15, -0.1) is 0 Å². The van der Waals surface area contributed by atoms with E-state index in [1.807, 2.05) is 31.2 Å². The predicted octanol–water partition coefficient (Wildman–Crippen LogP) is 1.81. The number of aryl methyl sites for hydroxylation is 1. The van der Waals surface area contributed by atoms with Gasteiger partial charge in [0, 0.05) is 24.2 Å². The number of carbonyl (C=O) groups excluding carboxylic acids is 1. The summed E-state index contributed by atoms with van der Waals surface area (Å²) in [5.41, 5.74) is 8.87. The summed E-state index contributed by atoms with van der Waals surface area (Å²) in [6.07, 6.45) is 1.77. The van der Waals surface area contributed by atoms with Gasteiger partial charge in [0.15, 0.2) is 5.82 Å². The molecule has 0 atom stereocenters. The zero-order valence-electron chi connectivity index (χ0n) is 12.8. The van der Waals surface area contributed by atoms with Crippen LogP contribution >= 0.6 is 0 Å². The Hall–Kier alpha value is -3.33. The molecule has 0 saturated carbocycles. The lowest BCUT2D eigenvalue weighted by Crippen LogP contribution is -2.13. The quantitative estimate of drug-likeness (QED) is 0.629. The Bertz CT molecular complexity index is 962. The number of anilines is 1. The minimum absolute atomic E-state index is 0.259. The van der Waals surface area contributed by atoms with Gasteiger partial charge in [0.2, 0.25) is 0 Å². The Morgan fingerprint density at radius 1 is 1.30 bits per heavy atom. The predicted molar refractivity (Wildman–Crippen MR) is 89.1 cm³/mol. The van der Waals surface area contributed by atoms with Gasteiger partial charge in [-0.2, -0.15) is 5.10 Å². The molecule has 3 rings (SSSR count). The number of nitrogens with zero attached hydrogens (tertiary/aromatic N) is 2. The molecule has 1 amide bonds. The van der Waals surface area contributed by atoms with E-state index in [0.717, 1.165) is 22.0 Å². The number of aromatic nitrogens is 3. The van der Waals surface area contributed by atoms with Crippen LogP contribution in [0, 0.1) is 18.8 Å². The number of carbonyl (C=O) groups is 1. The summed E-state index contributed by atoms with van der Waals surface area (Å²) in [6.45, 7) is 2.04. The molecule has 0 aliphatic carbocycles. The molecule has 6 heteroatoms. The fourth-order valence-electron chi connectivity index (χ4n) is 2.36. The van der Waals surface area contributed by atoms with E-state index < -0.39 is 5.91 Å². The topological polar surface area (TPSA) is 96.7 Å². The summed E-state index contributed by atoms with van der Waals surface area (Å²) in [6, 6.07) is 7.79. The van der Waals surface area contributed by atoms with E-state index in [0.29, 0.717) is 11.5 Å². The summed E-state index contributed by atoms with van der Waals surface area (Å²) < 4.78 is 0. The number of rotatable bonds is 2. The first-order chi connectivity index (χ1) is 11.1. The van der Waals surface area contributed by atoms with Crippen molar-refractivity contribution < 1.29 is 4.79 Å². The second kappa shape index (κ2) is 5.81. The average Bonchev–Trinajstić information content (AvgIpc) is 2.96. The van der Waals surface area contributed by atoms with Gasteiger partial charge in [0.05, 0.1) is 5.52 Å². The summed E-state index contributed by atoms with van der Waals surface area (Å²) in [4.78, 5) is 15.9. The van der Waals surface area contributed by atoms with E-state index in [-0.39, 0.29) is 5.56 Å². The zero-order valence-corrected chi connectivity index (χ0v) is 12.8. The van der Waals surface area contributed by atoms with Crippen LogP contribution in [0.2, 0.25) is 0 Å². The van der Waals surface area contributed by atoms with Crippen molar-refractivity contribution in [2.75, 3.05) is 12.4 Å². The van der Waals surface area contributed by atoms with Crippen molar-refractivity contribution >= 4 is 22.6 Å². The second-order valence-electron chi connectivity index (χ2n) is 5.05. The third-order valence-corrected chi connectivity index (χ3v) is 3.54. The molecule has 0 aliphatic rings. The number of H-pyrrole nitrogens is 1. The molecule has 2 heterocycles. The zero-order chi connectivity index (χ0) is 16.4. The van der Waals surface area contributed by atoms with E-state index in [2.05, 4.69) is 32.3 Å². The molecule has 114 valence electrons. The van der Waals surface area contributed by atoms with Crippen LogP contribution in [0.15, 0.2) is 30.5 Å². The van der Waals surface area contributed by atoms with Crippen molar-refractivity contribution in [2.24, 2.45) is 5.73 Å². The molecule has 0 unspecified atom stereocenters. The number of hydrogen-bond donors (Lipinski definition) is 3. The van der Waals surface area contributed by atoms with Crippen LogP contribution in [-0.4, -0.2) is 28.1 Å².